The van der Waals surface area contributed by atoms with Gasteiger partial charge in [-0.25, -0.2) is 0 Å². The molecule has 1 aromatic carbocycles. The highest BCUT2D eigenvalue weighted by Crippen LogP contribution is 2.19. The number of ether oxygens (including phenoxy) is 1. The van der Waals surface area contributed by atoms with E-state index in [9.17, 15) is 9.59 Å². The molecule has 17 heavy (non-hydrogen) atoms. The molecule has 0 radical (unpaired) electrons. The Morgan fingerprint density at radius 3 is 2.65 bits per heavy atom. The van der Waals surface area contributed by atoms with Crippen molar-refractivity contribution < 1.29 is 14.3 Å². The van der Waals surface area contributed by atoms with E-state index in [4.69, 9.17) is 4.74 Å². The summed E-state index contributed by atoms with van der Waals surface area (Å²) in [7, 11) is 1.38. The highest BCUT2D eigenvalue weighted by Gasteiger charge is 2.31. The van der Waals surface area contributed by atoms with Gasteiger partial charge in [-0.1, -0.05) is 18.2 Å². The second-order valence-corrected chi connectivity index (χ2v) is 4.13. The molecule has 0 N–H and O–H groups in total. The first-order chi connectivity index (χ1) is 8.22. The summed E-state index contributed by atoms with van der Waals surface area (Å²) < 4.78 is 4.69. The van der Waals surface area contributed by atoms with Gasteiger partial charge >= 0.3 is 5.97 Å². The van der Waals surface area contributed by atoms with Crippen LogP contribution in [-0.2, 0) is 9.53 Å². The van der Waals surface area contributed by atoms with Gasteiger partial charge < -0.3 is 9.64 Å². The zero-order valence-electron chi connectivity index (χ0n) is 9.76. The number of hydrogen-bond donors (Lipinski definition) is 0. The van der Waals surface area contributed by atoms with Gasteiger partial charge in [-0.3, -0.25) is 9.59 Å². The fourth-order valence-electron chi connectivity index (χ4n) is 2.07. The Balaban J connectivity index is 2.02. The number of hydrogen-bond acceptors (Lipinski definition) is 3. The maximum absolute atomic E-state index is 12.1. The molecule has 1 aromatic rings. The molecule has 1 amide bonds. The van der Waals surface area contributed by atoms with Crippen molar-refractivity contribution >= 4 is 11.9 Å². The van der Waals surface area contributed by atoms with Crippen molar-refractivity contribution in [2.45, 2.75) is 6.42 Å². The molecule has 90 valence electrons. The minimum absolute atomic E-state index is 0.0167. The molecular formula is C13H15NO3. The van der Waals surface area contributed by atoms with Crippen LogP contribution in [0.2, 0.25) is 0 Å². The molecule has 1 unspecified atom stereocenters. The van der Waals surface area contributed by atoms with Gasteiger partial charge in [0.05, 0.1) is 13.0 Å². The Kier molecular flexibility index (Phi) is 3.42. The van der Waals surface area contributed by atoms with E-state index >= 15 is 0 Å². The van der Waals surface area contributed by atoms with Crippen molar-refractivity contribution in [1.82, 2.24) is 4.90 Å². The third-order valence-electron chi connectivity index (χ3n) is 3.03. The minimum atomic E-state index is -0.228. The zero-order valence-corrected chi connectivity index (χ0v) is 9.76. The summed E-state index contributed by atoms with van der Waals surface area (Å²) in [4.78, 5) is 25.1. The van der Waals surface area contributed by atoms with Gasteiger partial charge in [0, 0.05) is 18.7 Å². The summed E-state index contributed by atoms with van der Waals surface area (Å²) in [5, 5.41) is 0. The predicted octanol–water partition coefficient (Wildman–Crippen LogP) is 1.32. The number of rotatable bonds is 2. The van der Waals surface area contributed by atoms with E-state index in [1.54, 1.807) is 17.0 Å². The quantitative estimate of drug-likeness (QED) is 0.724. The average molecular weight is 233 g/mol. The Morgan fingerprint density at radius 2 is 2.00 bits per heavy atom. The summed E-state index contributed by atoms with van der Waals surface area (Å²) in [5.74, 6) is -0.418. The summed E-state index contributed by atoms with van der Waals surface area (Å²) >= 11 is 0. The number of esters is 1. The molecule has 1 atom stereocenters. The molecule has 1 heterocycles. The first-order valence-corrected chi connectivity index (χ1v) is 5.64. The highest BCUT2D eigenvalue weighted by molar-refractivity contribution is 5.94. The van der Waals surface area contributed by atoms with Gasteiger partial charge in [-0.15, -0.1) is 0 Å². The normalized spacial score (nSPS) is 19.1. The van der Waals surface area contributed by atoms with Gasteiger partial charge in [-0.2, -0.15) is 0 Å². The Bertz CT molecular complexity index is 416. The smallest absolute Gasteiger partial charge is 0.310 e. The maximum Gasteiger partial charge on any atom is 0.310 e. The molecule has 0 spiro atoms. The van der Waals surface area contributed by atoms with E-state index in [0.29, 0.717) is 25.1 Å². The highest BCUT2D eigenvalue weighted by atomic mass is 16.5. The van der Waals surface area contributed by atoms with Gasteiger partial charge in [0.25, 0.3) is 5.91 Å². The van der Waals surface area contributed by atoms with Crippen molar-refractivity contribution in [2.24, 2.45) is 5.92 Å². The van der Waals surface area contributed by atoms with Crippen LogP contribution in [0.15, 0.2) is 30.3 Å². The van der Waals surface area contributed by atoms with Gasteiger partial charge in [0.2, 0.25) is 0 Å². The summed E-state index contributed by atoms with van der Waals surface area (Å²) in [5.41, 5.74) is 0.665. The molecule has 1 aliphatic heterocycles. The first kappa shape index (κ1) is 11.6. The molecule has 1 aliphatic rings. The van der Waals surface area contributed by atoms with Crippen molar-refractivity contribution in [1.29, 1.82) is 0 Å². The molecule has 1 fully saturated rings. The molecule has 0 aliphatic carbocycles. The van der Waals surface area contributed by atoms with Crippen LogP contribution in [0.5, 0.6) is 0 Å². The molecule has 4 heteroatoms. The number of nitrogens with zero attached hydrogens (tertiary/aromatic N) is 1. The predicted molar refractivity (Wildman–Crippen MR) is 62.5 cm³/mol. The third-order valence-corrected chi connectivity index (χ3v) is 3.03. The molecule has 4 nitrogen and oxygen atoms in total. The topological polar surface area (TPSA) is 46.6 Å². The van der Waals surface area contributed by atoms with Crippen LogP contribution < -0.4 is 0 Å². The fraction of sp³-hybridized carbons (Fsp3) is 0.385. The molecule has 0 saturated carbocycles. The largest absolute Gasteiger partial charge is 0.469 e. The first-order valence-electron chi connectivity index (χ1n) is 5.64. The van der Waals surface area contributed by atoms with Crippen molar-refractivity contribution in [3.63, 3.8) is 0 Å². The van der Waals surface area contributed by atoms with Crippen molar-refractivity contribution in [2.75, 3.05) is 20.2 Å². The van der Waals surface area contributed by atoms with Crippen LogP contribution >= 0.6 is 0 Å². The van der Waals surface area contributed by atoms with Crippen LogP contribution in [-0.4, -0.2) is 37.0 Å². The maximum atomic E-state index is 12.1. The average Bonchev–Trinajstić information content (AvgIpc) is 2.87. The lowest BCUT2D eigenvalue weighted by atomic mass is 10.1. The number of likely N-dealkylation sites (tertiary alicyclic amines) is 1. The van der Waals surface area contributed by atoms with E-state index in [0.717, 1.165) is 0 Å². The van der Waals surface area contributed by atoms with E-state index in [1.807, 2.05) is 18.2 Å². The van der Waals surface area contributed by atoms with Crippen LogP contribution in [0.4, 0.5) is 0 Å². The van der Waals surface area contributed by atoms with Crippen LogP contribution in [0.1, 0.15) is 16.8 Å². The number of carbonyl (C=O) groups is 2. The Morgan fingerprint density at radius 1 is 1.29 bits per heavy atom. The molecular weight excluding hydrogens is 218 g/mol. The summed E-state index contributed by atoms with van der Waals surface area (Å²) in [6.07, 6.45) is 0.686. The number of benzene rings is 1. The number of carbonyl (C=O) groups excluding carboxylic acids is 2. The lowest BCUT2D eigenvalue weighted by Crippen LogP contribution is -2.30. The lowest BCUT2D eigenvalue weighted by molar-refractivity contribution is -0.144. The van der Waals surface area contributed by atoms with Gasteiger partial charge in [-0.05, 0) is 18.6 Å². The van der Waals surface area contributed by atoms with E-state index in [-0.39, 0.29) is 17.8 Å². The second-order valence-electron chi connectivity index (χ2n) is 4.13. The lowest BCUT2D eigenvalue weighted by Gasteiger charge is -2.15. The number of methoxy groups -OCH3 is 1. The molecule has 0 aromatic heterocycles. The summed E-state index contributed by atoms with van der Waals surface area (Å²) in [6, 6.07) is 9.11. The van der Waals surface area contributed by atoms with Gasteiger partial charge in [0.15, 0.2) is 0 Å². The van der Waals surface area contributed by atoms with Crippen molar-refractivity contribution in [3.8, 4) is 0 Å². The standard InChI is InChI=1S/C13H15NO3/c1-17-13(16)11-7-8-14(9-11)12(15)10-5-3-2-4-6-10/h2-6,11H,7-9H2,1H3. The minimum Gasteiger partial charge on any atom is -0.469 e. The van der Waals surface area contributed by atoms with Crippen molar-refractivity contribution in [3.05, 3.63) is 35.9 Å². The van der Waals surface area contributed by atoms with E-state index in [2.05, 4.69) is 0 Å². The Labute approximate surface area is 100 Å². The molecule has 1 saturated heterocycles. The fourth-order valence-corrected chi connectivity index (χ4v) is 2.07. The second kappa shape index (κ2) is 4.99. The molecule has 0 bridgehead atoms. The summed E-state index contributed by atoms with van der Waals surface area (Å²) in [6.45, 7) is 1.08. The SMILES string of the molecule is COC(=O)C1CCN(C(=O)c2ccccc2)C1. The van der Waals surface area contributed by atoms with Crippen LogP contribution in [0.3, 0.4) is 0 Å². The van der Waals surface area contributed by atoms with E-state index in [1.165, 1.54) is 7.11 Å². The van der Waals surface area contributed by atoms with Gasteiger partial charge in [0.1, 0.15) is 0 Å². The number of amides is 1. The Hall–Kier alpha value is -1.84. The molecule has 2 rings (SSSR count). The van der Waals surface area contributed by atoms with Crippen LogP contribution in [0.25, 0.3) is 0 Å². The van der Waals surface area contributed by atoms with E-state index < -0.39 is 0 Å². The van der Waals surface area contributed by atoms with Crippen LogP contribution in [0, 0.1) is 5.92 Å². The third kappa shape index (κ3) is 2.46. The zero-order chi connectivity index (χ0) is 12.3. The monoisotopic (exact) mass is 233 g/mol.